The van der Waals surface area contributed by atoms with Crippen molar-refractivity contribution in [2.75, 3.05) is 0 Å². The summed E-state index contributed by atoms with van der Waals surface area (Å²) in [6.07, 6.45) is 0. The van der Waals surface area contributed by atoms with Gasteiger partial charge in [0.1, 0.15) is 7.28 Å². The molecule has 0 amide bonds. The molecule has 0 bridgehead atoms. The molecule has 0 unspecified atom stereocenters. The highest BCUT2D eigenvalue weighted by atomic mass is 79.9. The first kappa shape index (κ1) is 9.33. The third-order valence-corrected chi connectivity index (χ3v) is 3.28. The third-order valence-electron chi connectivity index (χ3n) is 1.64. The van der Waals surface area contributed by atoms with Crippen LogP contribution in [0.15, 0.2) is 21.1 Å². The summed E-state index contributed by atoms with van der Waals surface area (Å²) in [5.41, 5.74) is 2.48. The Morgan fingerprint density at radius 2 is 1.64 bits per heavy atom. The Hall–Kier alpha value is 0.245. The number of hydrogen-bond acceptors (Lipinski definition) is 0. The molecule has 1 aromatic rings. The quantitative estimate of drug-likeness (QED) is 0.691. The van der Waals surface area contributed by atoms with Crippen LogP contribution in [0.3, 0.4) is 0 Å². The Morgan fingerprint density at radius 3 is 2.00 bits per heavy atom. The van der Waals surface area contributed by atoms with Crippen LogP contribution in [-0.4, -0.2) is 7.28 Å². The lowest BCUT2D eigenvalue weighted by atomic mass is 9.73. The van der Waals surface area contributed by atoms with Gasteiger partial charge in [0.15, 0.2) is 0 Å². The second-order valence-electron chi connectivity index (χ2n) is 2.40. The van der Waals surface area contributed by atoms with Gasteiger partial charge in [0.05, 0.1) is 0 Å². The summed E-state index contributed by atoms with van der Waals surface area (Å²) in [4.78, 5) is 0. The molecule has 0 atom stereocenters. The summed E-state index contributed by atoms with van der Waals surface area (Å²) in [6.45, 7) is 4.11. The zero-order valence-corrected chi connectivity index (χ0v) is 9.66. The molecule has 57 valence electrons. The fourth-order valence-corrected chi connectivity index (χ4v) is 2.05. The smallest absolute Gasteiger partial charge is 0.0872 e. The second-order valence-corrected chi connectivity index (χ2v) is 4.11. The van der Waals surface area contributed by atoms with Crippen molar-refractivity contribution in [3.05, 3.63) is 26.6 Å². The Labute approximate surface area is 84.9 Å². The van der Waals surface area contributed by atoms with Crippen molar-refractivity contribution >= 4 is 44.6 Å². The molecule has 1 rings (SSSR count). The van der Waals surface area contributed by atoms with Gasteiger partial charge in [-0.1, -0.05) is 56.3 Å². The highest BCUT2D eigenvalue weighted by Crippen LogP contribution is 2.22. The molecule has 11 heavy (non-hydrogen) atoms. The van der Waals surface area contributed by atoms with Gasteiger partial charge in [-0.25, -0.2) is 0 Å². The topological polar surface area (TPSA) is 0 Å². The van der Waals surface area contributed by atoms with E-state index in [1.165, 1.54) is 11.0 Å². The standard InChI is InChI=1S/C8H8BBr2/c1-5-7(10)3-6(9-2)4-8(5)11/h3-4H,1-2H3. The first-order valence-corrected chi connectivity index (χ1v) is 4.98. The van der Waals surface area contributed by atoms with Crippen LogP contribution in [0.2, 0.25) is 6.82 Å². The molecule has 0 aliphatic rings. The van der Waals surface area contributed by atoms with Crippen LogP contribution in [0.4, 0.5) is 0 Å². The monoisotopic (exact) mass is 273 g/mol. The van der Waals surface area contributed by atoms with Gasteiger partial charge in [-0.15, -0.1) is 0 Å². The summed E-state index contributed by atoms with van der Waals surface area (Å²) in [7, 11) is 2.08. The van der Waals surface area contributed by atoms with Gasteiger partial charge < -0.3 is 0 Å². The molecule has 0 fully saturated rings. The molecule has 0 N–H and O–H groups in total. The van der Waals surface area contributed by atoms with Crippen molar-refractivity contribution in [2.45, 2.75) is 13.7 Å². The third kappa shape index (κ3) is 2.09. The van der Waals surface area contributed by atoms with E-state index in [1.54, 1.807) is 0 Å². The summed E-state index contributed by atoms with van der Waals surface area (Å²) in [5, 5.41) is 0. The van der Waals surface area contributed by atoms with E-state index < -0.39 is 0 Å². The van der Waals surface area contributed by atoms with E-state index in [0.29, 0.717) is 0 Å². The minimum absolute atomic E-state index is 1.15. The van der Waals surface area contributed by atoms with Crippen LogP contribution in [0.25, 0.3) is 0 Å². The molecule has 0 nitrogen and oxygen atoms in total. The molecule has 0 saturated heterocycles. The molecule has 0 saturated carbocycles. The second kappa shape index (κ2) is 3.77. The van der Waals surface area contributed by atoms with E-state index in [1.807, 2.05) is 6.82 Å². The minimum Gasteiger partial charge on any atom is -0.0872 e. The summed E-state index contributed by atoms with van der Waals surface area (Å²) >= 11 is 6.98. The molecule has 3 heteroatoms. The van der Waals surface area contributed by atoms with Crippen LogP contribution in [0.1, 0.15) is 5.56 Å². The van der Waals surface area contributed by atoms with Crippen molar-refractivity contribution in [1.82, 2.24) is 0 Å². The maximum absolute atomic E-state index is 3.49. The van der Waals surface area contributed by atoms with Crippen LogP contribution >= 0.6 is 31.9 Å². The number of hydrogen-bond donors (Lipinski definition) is 0. The fourth-order valence-electron chi connectivity index (χ4n) is 0.832. The van der Waals surface area contributed by atoms with Crippen molar-refractivity contribution in [1.29, 1.82) is 0 Å². The Bertz CT molecular complexity index is 248. The maximum atomic E-state index is 3.49. The molecule has 0 spiro atoms. The lowest BCUT2D eigenvalue weighted by Gasteiger charge is -2.03. The van der Waals surface area contributed by atoms with Gasteiger partial charge in [-0.3, -0.25) is 0 Å². The van der Waals surface area contributed by atoms with Crippen LogP contribution in [-0.2, 0) is 0 Å². The van der Waals surface area contributed by atoms with Crippen LogP contribution < -0.4 is 5.46 Å². The highest BCUT2D eigenvalue weighted by molar-refractivity contribution is 9.11. The average Bonchev–Trinajstić information content (AvgIpc) is 1.99. The summed E-state index contributed by atoms with van der Waals surface area (Å²) < 4.78 is 2.31. The zero-order chi connectivity index (χ0) is 8.43. The molecule has 1 aromatic carbocycles. The molecule has 0 aromatic heterocycles. The van der Waals surface area contributed by atoms with E-state index in [2.05, 4.69) is 58.2 Å². The van der Waals surface area contributed by atoms with Gasteiger partial charge in [0, 0.05) is 8.95 Å². The van der Waals surface area contributed by atoms with Gasteiger partial charge in [-0.2, -0.15) is 0 Å². The Kier molecular flexibility index (Phi) is 3.20. The molecule has 0 aliphatic carbocycles. The Morgan fingerprint density at radius 1 is 1.18 bits per heavy atom. The molecule has 0 aliphatic heterocycles. The highest BCUT2D eigenvalue weighted by Gasteiger charge is 2.01. The number of halogens is 2. The van der Waals surface area contributed by atoms with Gasteiger partial charge >= 0.3 is 0 Å². The summed E-state index contributed by atoms with van der Waals surface area (Å²) in [6, 6.07) is 4.22. The molecular weight excluding hydrogens is 267 g/mol. The predicted octanol–water partition coefficient (Wildman–Crippen LogP) is 2.90. The van der Waals surface area contributed by atoms with Crippen LogP contribution in [0, 0.1) is 6.92 Å². The van der Waals surface area contributed by atoms with Crippen molar-refractivity contribution < 1.29 is 0 Å². The lowest BCUT2D eigenvalue weighted by molar-refractivity contribution is 1.41. The van der Waals surface area contributed by atoms with Crippen molar-refractivity contribution in [3.63, 3.8) is 0 Å². The largest absolute Gasteiger partial charge is 0.148 e. The van der Waals surface area contributed by atoms with Gasteiger partial charge in [-0.05, 0) is 12.5 Å². The van der Waals surface area contributed by atoms with E-state index in [-0.39, 0.29) is 0 Å². The van der Waals surface area contributed by atoms with Crippen LogP contribution in [0.5, 0.6) is 0 Å². The molecular formula is C8H8BBr2. The van der Waals surface area contributed by atoms with E-state index in [0.717, 1.165) is 8.95 Å². The zero-order valence-electron chi connectivity index (χ0n) is 6.49. The van der Waals surface area contributed by atoms with Gasteiger partial charge in [0.25, 0.3) is 0 Å². The summed E-state index contributed by atoms with van der Waals surface area (Å²) in [5.74, 6) is 0. The maximum Gasteiger partial charge on any atom is 0.148 e. The fraction of sp³-hybridized carbons (Fsp3) is 0.250. The Balaban J connectivity index is 3.21. The molecule has 0 heterocycles. The van der Waals surface area contributed by atoms with Crippen molar-refractivity contribution in [2.24, 2.45) is 0 Å². The van der Waals surface area contributed by atoms with E-state index >= 15 is 0 Å². The normalized spacial score (nSPS) is 9.82. The first-order chi connectivity index (χ1) is 5.15. The molecule has 1 radical (unpaired) electrons. The number of rotatable bonds is 1. The first-order valence-electron chi connectivity index (χ1n) is 3.40. The minimum atomic E-state index is 1.15. The van der Waals surface area contributed by atoms with Crippen molar-refractivity contribution in [3.8, 4) is 0 Å². The SMILES string of the molecule is C[B]c1cc(Br)c(C)c(Br)c1. The average molecular weight is 275 g/mol. The number of benzene rings is 1. The van der Waals surface area contributed by atoms with E-state index in [4.69, 9.17) is 0 Å². The predicted molar refractivity (Wildman–Crippen MR) is 57.8 cm³/mol. The van der Waals surface area contributed by atoms with Gasteiger partial charge in [0.2, 0.25) is 0 Å². The van der Waals surface area contributed by atoms with E-state index in [9.17, 15) is 0 Å². The lowest BCUT2D eigenvalue weighted by Crippen LogP contribution is -2.10.